The minimum absolute atomic E-state index is 0.0536. The Morgan fingerprint density at radius 2 is 1.79 bits per heavy atom. The van der Waals surface area contributed by atoms with Crippen LogP contribution in [0.15, 0.2) is 30.3 Å². The molecule has 0 spiro atoms. The van der Waals surface area contributed by atoms with Crippen LogP contribution in [0, 0.1) is 0 Å². The third-order valence-corrected chi connectivity index (χ3v) is 4.88. The molecule has 3 amide bonds. The summed E-state index contributed by atoms with van der Waals surface area (Å²) in [7, 11) is 0. The second kappa shape index (κ2) is 10.1. The summed E-state index contributed by atoms with van der Waals surface area (Å²) in [6.45, 7) is 1.79. The molecule has 152 valence electrons. The fraction of sp³-hybridized carbons (Fsp3) is 0.550. The Labute approximate surface area is 164 Å². The predicted octanol–water partition coefficient (Wildman–Crippen LogP) is 1.55. The summed E-state index contributed by atoms with van der Waals surface area (Å²) in [5.74, 6) is -0.0946. The number of hydrogen-bond donors (Lipinski definition) is 2. The molecule has 2 heterocycles. The molecule has 8 nitrogen and oxygen atoms in total. The van der Waals surface area contributed by atoms with Crippen LogP contribution in [0.4, 0.5) is 4.79 Å². The molecule has 2 fully saturated rings. The van der Waals surface area contributed by atoms with E-state index in [-0.39, 0.29) is 24.6 Å². The van der Waals surface area contributed by atoms with Crippen LogP contribution in [0.25, 0.3) is 0 Å². The summed E-state index contributed by atoms with van der Waals surface area (Å²) >= 11 is 0. The number of carbonyl (C=O) groups is 3. The number of carbonyl (C=O) groups excluding carboxylic acids is 3. The second-order valence-electron chi connectivity index (χ2n) is 7.02. The minimum atomic E-state index is -0.539. The number of ether oxygens (including phenoxy) is 2. The van der Waals surface area contributed by atoms with Gasteiger partial charge in [-0.25, -0.2) is 4.79 Å². The van der Waals surface area contributed by atoms with Crippen LogP contribution in [-0.4, -0.2) is 54.8 Å². The van der Waals surface area contributed by atoms with E-state index in [9.17, 15) is 14.4 Å². The minimum Gasteiger partial charge on any atom is -0.445 e. The fourth-order valence-corrected chi connectivity index (χ4v) is 3.22. The molecule has 0 aliphatic carbocycles. The van der Waals surface area contributed by atoms with E-state index in [1.807, 2.05) is 30.3 Å². The molecule has 1 aromatic rings. The standard InChI is InChI=1S/C20H27N3O5/c24-17-12-18-23(17)13-16(28-18)19(25)21-10-6-1-2-7-11-22-20(26)27-14-15-8-4-3-5-9-15/h3-5,8-9,16,18H,1-2,6-7,10-14H2,(H,21,25)(H,22,26)/t16-,18+/m1/s1. The molecule has 2 aliphatic rings. The Hall–Kier alpha value is -2.61. The number of amides is 3. The van der Waals surface area contributed by atoms with E-state index in [0.717, 1.165) is 31.2 Å². The number of nitrogens with one attached hydrogen (secondary N) is 2. The third-order valence-electron chi connectivity index (χ3n) is 4.88. The number of hydrogen-bond acceptors (Lipinski definition) is 5. The summed E-state index contributed by atoms with van der Waals surface area (Å²) in [5, 5.41) is 5.60. The van der Waals surface area contributed by atoms with Crippen LogP contribution in [0.5, 0.6) is 0 Å². The third kappa shape index (κ3) is 5.69. The molecule has 3 rings (SSSR count). The Morgan fingerprint density at radius 3 is 2.46 bits per heavy atom. The van der Waals surface area contributed by atoms with Crippen molar-refractivity contribution in [2.75, 3.05) is 19.6 Å². The highest BCUT2D eigenvalue weighted by molar-refractivity contribution is 5.87. The van der Waals surface area contributed by atoms with E-state index in [1.54, 1.807) is 4.90 Å². The summed E-state index contributed by atoms with van der Waals surface area (Å²) in [5.41, 5.74) is 0.958. The van der Waals surface area contributed by atoms with Crippen molar-refractivity contribution in [2.24, 2.45) is 0 Å². The van der Waals surface area contributed by atoms with Gasteiger partial charge in [-0.2, -0.15) is 0 Å². The summed E-state index contributed by atoms with van der Waals surface area (Å²) in [4.78, 5) is 36.5. The van der Waals surface area contributed by atoms with Gasteiger partial charge in [0, 0.05) is 13.1 Å². The van der Waals surface area contributed by atoms with Gasteiger partial charge in [0.15, 0.2) is 6.10 Å². The molecule has 0 bridgehead atoms. The number of benzene rings is 1. The van der Waals surface area contributed by atoms with Crippen molar-refractivity contribution in [3.8, 4) is 0 Å². The van der Waals surface area contributed by atoms with Gasteiger partial charge in [0.1, 0.15) is 12.8 Å². The number of unbranched alkanes of at least 4 members (excludes halogenated alkanes) is 3. The number of rotatable bonds is 10. The summed E-state index contributed by atoms with van der Waals surface area (Å²) < 4.78 is 10.7. The van der Waals surface area contributed by atoms with Gasteiger partial charge < -0.3 is 25.0 Å². The Morgan fingerprint density at radius 1 is 1.07 bits per heavy atom. The normalized spacial score (nSPS) is 20.3. The number of β-lactam (4-membered cyclic amide) rings is 1. The van der Waals surface area contributed by atoms with Crippen LogP contribution in [0.3, 0.4) is 0 Å². The molecule has 2 aliphatic heterocycles. The molecule has 2 atom stereocenters. The maximum atomic E-state index is 12.0. The molecule has 2 saturated heterocycles. The van der Waals surface area contributed by atoms with Crippen molar-refractivity contribution >= 4 is 17.9 Å². The van der Waals surface area contributed by atoms with Gasteiger partial charge in [-0.05, 0) is 18.4 Å². The Bertz CT molecular complexity index is 682. The SMILES string of the molecule is O=C(NCCCCCCNC(=O)[C@H]1CN2C(=O)C[C@@H]2O1)OCc1ccccc1. The molecule has 2 N–H and O–H groups in total. The van der Waals surface area contributed by atoms with Crippen LogP contribution < -0.4 is 10.6 Å². The maximum Gasteiger partial charge on any atom is 0.407 e. The van der Waals surface area contributed by atoms with Crippen LogP contribution >= 0.6 is 0 Å². The smallest absolute Gasteiger partial charge is 0.407 e. The van der Waals surface area contributed by atoms with Gasteiger partial charge in [-0.3, -0.25) is 9.59 Å². The molecule has 8 heteroatoms. The van der Waals surface area contributed by atoms with E-state index in [0.29, 0.717) is 26.1 Å². The van der Waals surface area contributed by atoms with Gasteiger partial charge in [0.05, 0.1) is 13.0 Å². The average molecular weight is 389 g/mol. The largest absolute Gasteiger partial charge is 0.445 e. The predicted molar refractivity (Wildman–Crippen MR) is 101 cm³/mol. The Balaban J connectivity index is 1.14. The molecular weight excluding hydrogens is 362 g/mol. The molecule has 0 radical (unpaired) electrons. The summed E-state index contributed by atoms with van der Waals surface area (Å²) in [6, 6.07) is 9.55. The van der Waals surface area contributed by atoms with Gasteiger partial charge >= 0.3 is 6.09 Å². The molecule has 1 aromatic carbocycles. The molecule has 0 saturated carbocycles. The average Bonchev–Trinajstić information content (AvgIpc) is 3.06. The first-order valence-corrected chi connectivity index (χ1v) is 9.80. The lowest BCUT2D eigenvalue weighted by Crippen LogP contribution is -2.48. The monoisotopic (exact) mass is 389 g/mol. The lowest BCUT2D eigenvalue weighted by molar-refractivity contribution is -0.158. The fourth-order valence-electron chi connectivity index (χ4n) is 3.22. The molecule has 28 heavy (non-hydrogen) atoms. The highest BCUT2D eigenvalue weighted by atomic mass is 16.5. The Kier molecular flexibility index (Phi) is 7.25. The van der Waals surface area contributed by atoms with Crippen molar-refractivity contribution in [1.82, 2.24) is 15.5 Å². The van der Waals surface area contributed by atoms with E-state index < -0.39 is 12.2 Å². The van der Waals surface area contributed by atoms with Crippen LogP contribution in [0.1, 0.15) is 37.7 Å². The highest BCUT2D eigenvalue weighted by Gasteiger charge is 2.47. The zero-order chi connectivity index (χ0) is 19.8. The number of fused-ring (bicyclic) bond motifs is 1. The van der Waals surface area contributed by atoms with Gasteiger partial charge in [0.25, 0.3) is 5.91 Å². The maximum absolute atomic E-state index is 12.0. The number of nitrogens with zero attached hydrogens (tertiary/aromatic N) is 1. The van der Waals surface area contributed by atoms with E-state index in [2.05, 4.69) is 10.6 Å². The van der Waals surface area contributed by atoms with Crippen LogP contribution in [0.2, 0.25) is 0 Å². The topological polar surface area (TPSA) is 97.0 Å². The lowest BCUT2D eigenvalue weighted by atomic mass is 10.2. The van der Waals surface area contributed by atoms with Gasteiger partial charge in [-0.15, -0.1) is 0 Å². The first kappa shape index (κ1) is 20.1. The summed E-state index contributed by atoms with van der Waals surface area (Å²) in [6.07, 6.45) is 2.88. The van der Waals surface area contributed by atoms with Crippen molar-refractivity contribution in [1.29, 1.82) is 0 Å². The first-order chi connectivity index (χ1) is 13.6. The van der Waals surface area contributed by atoms with Crippen molar-refractivity contribution in [2.45, 2.75) is 51.0 Å². The van der Waals surface area contributed by atoms with Crippen LogP contribution in [-0.2, 0) is 25.7 Å². The van der Waals surface area contributed by atoms with E-state index >= 15 is 0 Å². The molecular formula is C20H27N3O5. The second-order valence-corrected chi connectivity index (χ2v) is 7.02. The van der Waals surface area contributed by atoms with Gasteiger partial charge in [-0.1, -0.05) is 43.2 Å². The van der Waals surface area contributed by atoms with Crippen molar-refractivity contribution in [3.05, 3.63) is 35.9 Å². The van der Waals surface area contributed by atoms with Crippen molar-refractivity contribution < 1.29 is 23.9 Å². The zero-order valence-corrected chi connectivity index (χ0v) is 15.9. The zero-order valence-electron chi connectivity index (χ0n) is 15.9. The molecule has 0 aromatic heterocycles. The number of alkyl carbamates (subject to hydrolysis) is 1. The van der Waals surface area contributed by atoms with Crippen molar-refractivity contribution in [3.63, 3.8) is 0 Å². The van der Waals surface area contributed by atoms with E-state index in [1.165, 1.54) is 0 Å². The lowest BCUT2D eigenvalue weighted by Gasteiger charge is -2.31. The molecule has 0 unspecified atom stereocenters. The first-order valence-electron chi connectivity index (χ1n) is 9.80. The van der Waals surface area contributed by atoms with Gasteiger partial charge in [0.2, 0.25) is 5.91 Å². The highest BCUT2D eigenvalue weighted by Crippen LogP contribution is 2.28. The van der Waals surface area contributed by atoms with E-state index in [4.69, 9.17) is 9.47 Å². The quantitative estimate of drug-likeness (QED) is 0.467.